The summed E-state index contributed by atoms with van der Waals surface area (Å²) in [5.74, 6) is 0.623. The predicted octanol–water partition coefficient (Wildman–Crippen LogP) is 2.10. The van der Waals surface area contributed by atoms with Crippen molar-refractivity contribution in [3.8, 4) is 11.3 Å². The summed E-state index contributed by atoms with van der Waals surface area (Å²) in [5.41, 5.74) is 6.61. The molecule has 0 bridgehead atoms. The van der Waals surface area contributed by atoms with Crippen molar-refractivity contribution in [2.75, 3.05) is 0 Å². The Morgan fingerprint density at radius 3 is 2.88 bits per heavy atom. The lowest BCUT2D eigenvalue weighted by atomic mass is 10.1. The van der Waals surface area contributed by atoms with Crippen LogP contribution in [0.4, 0.5) is 5.69 Å². The Bertz CT molecular complexity index is 567. The molecule has 1 aromatic carbocycles. The molecule has 3 N–H and O–H groups in total. The maximum Gasteiger partial charge on any atom is 0.288 e. The van der Waals surface area contributed by atoms with E-state index in [1.165, 1.54) is 12.1 Å². The largest absolute Gasteiger partial charge is 0.341 e. The average Bonchev–Trinajstić information content (AvgIpc) is 2.78. The van der Waals surface area contributed by atoms with Crippen molar-refractivity contribution in [1.29, 1.82) is 0 Å². The molecule has 0 aliphatic rings. The van der Waals surface area contributed by atoms with Crippen LogP contribution in [0.15, 0.2) is 24.4 Å². The smallest absolute Gasteiger partial charge is 0.288 e. The molecule has 7 heteroatoms. The second-order valence-electron chi connectivity index (χ2n) is 3.37. The summed E-state index contributed by atoms with van der Waals surface area (Å²) >= 11 is 5.72. The van der Waals surface area contributed by atoms with Crippen LogP contribution in [0, 0.1) is 10.1 Å². The van der Waals surface area contributed by atoms with Crippen molar-refractivity contribution in [2.24, 2.45) is 5.73 Å². The van der Waals surface area contributed by atoms with Gasteiger partial charge in [-0.3, -0.25) is 10.1 Å². The molecule has 0 fully saturated rings. The van der Waals surface area contributed by atoms with Crippen molar-refractivity contribution in [3.05, 3.63) is 45.4 Å². The van der Waals surface area contributed by atoms with E-state index in [0.29, 0.717) is 17.1 Å². The summed E-state index contributed by atoms with van der Waals surface area (Å²) in [6.07, 6.45) is 1.58. The molecule has 0 aliphatic carbocycles. The minimum absolute atomic E-state index is 0.109. The van der Waals surface area contributed by atoms with E-state index >= 15 is 0 Å². The average molecular weight is 253 g/mol. The number of benzene rings is 1. The molecule has 1 aromatic heterocycles. The summed E-state index contributed by atoms with van der Waals surface area (Å²) < 4.78 is 0. The Morgan fingerprint density at radius 2 is 2.29 bits per heavy atom. The van der Waals surface area contributed by atoms with Gasteiger partial charge in [0, 0.05) is 11.6 Å². The topological polar surface area (TPSA) is 97.8 Å². The number of H-pyrrole nitrogens is 1. The number of hydrogen-bond donors (Lipinski definition) is 2. The zero-order chi connectivity index (χ0) is 12.4. The van der Waals surface area contributed by atoms with Gasteiger partial charge in [-0.15, -0.1) is 0 Å². The highest BCUT2D eigenvalue weighted by Crippen LogP contribution is 2.29. The Labute approximate surface area is 102 Å². The maximum atomic E-state index is 10.7. The molecule has 6 nitrogen and oxygen atoms in total. The van der Waals surface area contributed by atoms with E-state index in [2.05, 4.69) is 9.97 Å². The number of nitrogens with two attached hydrogens (primary N) is 1. The van der Waals surface area contributed by atoms with Crippen molar-refractivity contribution in [1.82, 2.24) is 9.97 Å². The fourth-order valence-electron chi connectivity index (χ4n) is 1.43. The molecule has 88 valence electrons. The zero-order valence-corrected chi connectivity index (χ0v) is 9.44. The van der Waals surface area contributed by atoms with Gasteiger partial charge >= 0.3 is 0 Å². The van der Waals surface area contributed by atoms with Crippen LogP contribution in [0.1, 0.15) is 5.82 Å². The van der Waals surface area contributed by atoms with E-state index in [-0.39, 0.29) is 17.3 Å². The number of nitro groups is 1. The highest BCUT2D eigenvalue weighted by Gasteiger charge is 2.14. The molecule has 2 aromatic rings. The lowest BCUT2D eigenvalue weighted by Gasteiger charge is -1.99. The third-order valence-electron chi connectivity index (χ3n) is 2.28. The van der Waals surface area contributed by atoms with Gasteiger partial charge < -0.3 is 10.7 Å². The van der Waals surface area contributed by atoms with Gasteiger partial charge in [0.2, 0.25) is 0 Å². The van der Waals surface area contributed by atoms with Crippen LogP contribution < -0.4 is 5.73 Å². The van der Waals surface area contributed by atoms with E-state index in [4.69, 9.17) is 17.3 Å². The Kier molecular flexibility index (Phi) is 3.08. The molecule has 0 unspecified atom stereocenters. The number of nitrogens with one attached hydrogen (secondary N) is 1. The monoisotopic (exact) mass is 252 g/mol. The molecule has 0 aliphatic heterocycles. The van der Waals surface area contributed by atoms with E-state index in [0.717, 1.165) is 0 Å². The minimum Gasteiger partial charge on any atom is -0.341 e. The van der Waals surface area contributed by atoms with Crippen molar-refractivity contribution in [3.63, 3.8) is 0 Å². The van der Waals surface area contributed by atoms with Crippen LogP contribution in [0.5, 0.6) is 0 Å². The van der Waals surface area contributed by atoms with Gasteiger partial charge in [-0.2, -0.15) is 0 Å². The van der Waals surface area contributed by atoms with Gasteiger partial charge in [-0.05, 0) is 6.07 Å². The first kappa shape index (κ1) is 11.6. The molecule has 0 atom stereocenters. The second-order valence-corrected chi connectivity index (χ2v) is 3.78. The van der Waals surface area contributed by atoms with Crippen molar-refractivity contribution in [2.45, 2.75) is 6.54 Å². The third kappa shape index (κ3) is 2.27. The first-order valence-corrected chi connectivity index (χ1v) is 5.18. The normalized spacial score (nSPS) is 10.5. The summed E-state index contributed by atoms with van der Waals surface area (Å²) in [5, 5.41) is 10.9. The number of hydrogen-bond acceptors (Lipinski definition) is 4. The van der Waals surface area contributed by atoms with Gasteiger partial charge in [0.15, 0.2) is 0 Å². The molecular formula is C10H9ClN4O2. The molecule has 0 saturated heterocycles. The predicted molar refractivity (Wildman–Crippen MR) is 63.6 cm³/mol. The first-order chi connectivity index (χ1) is 8.11. The molecular weight excluding hydrogens is 244 g/mol. The third-order valence-corrected chi connectivity index (χ3v) is 2.60. The fourth-order valence-corrected chi connectivity index (χ4v) is 1.62. The zero-order valence-electron chi connectivity index (χ0n) is 8.68. The molecule has 0 radical (unpaired) electrons. The molecule has 2 rings (SSSR count). The molecule has 1 heterocycles. The number of halogens is 1. The van der Waals surface area contributed by atoms with Gasteiger partial charge in [-0.1, -0.05) is 17.7 Å². The summed E-state index contributed by atoms with van der Waals surface area (Å²) in [6, 6.07) is 4.57. The number of aromatic amines is 1. The molecule has 17 heavy (non-hydrogen) atoms. The number of aromatic nitrogens is 2. The Morgan fingerprint density at radius 1 is 1.53 bits per heavy atom. The van der Waals surface area contributed by atoms with Crippen LogP contribution in [-0.2, 0) is 6.54 Å². The van der Waals surface area contributed by atoms with E-state index in [1.807, 2.05) is 0 Å². The van der Waals surface area contributed by atoms with Crippen LogP contribution in [-0.4, -0.2) is 14.9 Å². The number of nitrogens with zero attached hydrogens (tertiary/aromatic N) is 2. The molecule has 0 saturated carbocycles. The second kappa shape index (κ2) is 4.52. The summed E-state index contributed by atoms with van der Waals surface area (Å²) in [4.78, 5) is 17.2. The van der Waals surface area contributed by atoms with Crippen LogP contribution >= 0.6 is 11.6 Å². The van der Waals surface area contributed by atoms with Crippen LogP contribution in [0.2, 0.25) is 5.02 Å². The van der Waals surface area contributed by atoms with Crippen molar-refractivity contribution >= 4 is 17.3 Å². The van der Waals surface area contributed by atoms with Crippen molar-refractivity contribution < 1.29 is 4.92 Å². The number of imidazole rings is 1. The highest BCUT2D eigenvalue weighted by atomic mass is 35.5. The highest BCUT2D eigenvalue weighted by molar-refractivity contribution is 6.32. The molecule has 0 spiro atoms. The summed E-state index contributed by atoms with van der Waals surface area (Å²) in [6.45, 7) is 0.287. The number of nitro benzene ring substituents is 1. The van der Waals surface area contributed by atoms with E-state index < -0.39 is 4.92 Å². The Balaban J connectivity index is 2.46. The summed E-state index contributed by atoms with van der Waals surface area (Å²) in [7, 11) is 0. The Hall–Kier alpha value is -1.92. The SMILES string of the molecule is NCc1ncc(-c2ccc(Cl)c([N+](=O)[O-])c2)[nH]1. The fraction of sp³-hybridized carbons (Fsp3) is 0.100. The van der Waals surface area contributed by atoms with E-state index in [1.54, 1.807) is 12.3 Å². The van der Waals surface area contributed by atoms with Crippen LogP contribution in [0.25, 0.3) is 11.3 Å². The van der Waals surface area contributed by atoms with Gasteiger partial charge in [0.05, 0.1) is 23.4 Å². The van der Waals surface area contributed by atoms with Crippen LogP contribution in [0.3, 0.4) is 0 Å². The van der Waals surface area contributed by atoms with Gasteiger partial charge in [0.25, 0.3) is 5.69 Å². The minimum atomic E-state index is -0.522. The maximum absolute atomic E-state index is 10.7. The lowest BCUT2D eigenvalue weighted by molar-refractivity contribution is -0.384. The van der Waals surface area contributed by atoms with Gasteiger partial charge in [0.1, 0.15) is 10.8 Å². The quantitative estimate of drug-likeness (QED) is 0.645. The first-order valence-electron chi connectivity index (χ1n) is 4.80. The standard InChI is InChI=1S/C10H9ClN4O2/c11-7-2-1-6(3-9(7)15(16)17)8-5-13-10(4-12)14-8/h1-3,5H,4,12H2,(H,13,14). The molecule has 0 amide bonds. The van der Waals surface area contributed by atoms with Gasteiger partial charge in [-0.25, -0.2) is 4.98 Å². The number of rotatable bonds is 3. The van der Waals surface area contributed by atoms with E-state index in [9.17, 15) is 10.1 Å². The lowest BCUT2D eigenvalue weighted by Crippen LogP contribution is -1.97.